The predicted molar refractivity (Wildman–Crippen MR) is 134 cm³/mol. The van der Waals surface area contributed by atoms with Gasteiger partial charge in [0.25, 0.3) is 0 Å². The minimum absolute atomic E-state index is 0.00644. The number of para-hydroxylation sites is 5. The molecule has 1 fully saturated rings. The van der Waals surface area contributed by atoms with E-state index in [1.54, 1.807) is 0 Å². The van der Waals surface area contributed by atoms with Crippen LogP contribution >= 0.6 is 0 Å². The van der Waals surface area contributed by atoms with Crippen LogP contribution in [0.2, 0.25) is 0 Å². The minimum atomic E-state index is -0.00644. The Morgan fingerprint density at radius 2 is 1.68 bits per heavy atom. The molecule has 4 aromatic rings. The zero-order valence-corrected chi connectivity index (χ0v) is 19.6. The fourth-order valence-electron chi connectivity index (χ4n) is 4.68. The lowest BCUT2D eigenvalue weighted by Crippen LogP contribution is -2.25. The van der Waals surface area contributed by atoms with Gasteiger partial charge in [0.05, 0.1) is 29.9 Å². The molecule has 1 amide bonds. The Hall–Kier alpha value is -3.80. The van der Waals surface area contributed by atoms with Crippen LogP contribution in [0.1, 0.15) is 30.7 Å². The van der Waals surface area contributed by atoms with E-state index >= 15 is 0 Å². The number of aromatic nitrogens is 2. The largest absolute Gasteiger partial charge is 0.492 e. The number of hydrogen-bond donors (Lipinski definition) is 0. The first-order valence-corrected chi connectivity index (χ1v) is 11.8. The van der Waals surface area contributed by atoms with Gasteiger partial charge in [-0.3, -0.25) is 4.79 Å². The standard InChI is InChI=1S/C28H29N3O3/c1-3-33-26-15-9-7-13-24(26)31-19-21(18-27(31)32)28-29-22-11-5-6-12-23(22)30(28)16-17-34-25-14-8-4-10-20(25)2/h4-15,21H,3,16-19H2,1-2H3/t21-/m1/s1. The topological polar surface area (TPSA) is 56.6 Å². The van der Waals surface area contributed by atoms with Gasteiger partial charge in [0.1, 0.15) is 23.9 Å². The van der Waals surface area contributed by atoms with Crippen LogP contribution in [-0.4, -0.2) is 35.2 Å². The van der Waals surface area contributed by atoms with E-state index in [0.717, 1.165) is 39.6 Å². The van der Waals surface area contributed by atoms with E-state index < -0.39 is 0 Å². The number of imidazole rings is 1. The number of nitrogens with zero attached hydrogens (tertiary/aromatic N) is 3. The Kier molecular flexibility index (Phi) is 6.21. The second-order valence-electron chi connectivity index (χ2n) is 8.53. The lowest BCUT2D eigenvalue weighted by atomic mass is 10.1. The molecule has 0 saturated carbocycles. The molecular weight excluding hydrogens is 426 g/mol. The third kappa shape index (κ3) is 4.23. The maximum Gasteiger partial charge on any atom is 0.227 e. The number of rotatable bonds is 8. The molecule has 5 rings (SSSR count). The van der Waals surface area contributed by atoms with Gasteiger partial charge in [0.15, 0.2) is 0 Å². The highest BCUT2D eigenvalue weighted by Gasteiger charge is 2.36. The van der Waals surface area contributed by atoms with Gasteiger partial charge in [-0.25, -0.2) is 4.98 Å². The van der Waals surface area contributed by atoms with Gasteiger partial charge in [-0.15, -0.1) is 0 Å². The molecule has 3 aromatic carbocycles. The monoisotopic (exact) mass is 455 g/mol. The first kappa shape index (κ1) is 22.0. The highest BCUT2D eigenvalue weighted by molar-refractivity contribution is 5.97. The molecule has 6 nitrogen and oxygen atoms in total. The average molecular weight is 456 g/mol. The van der Waals surface area contributed by atoms with E-state index in [9.17, 15) is 4.79 Å². The summed E-state index contributed by atoms with van der Waals surface area (Å²) in [5, 5.41) is 0. The summed E-state index contributed by atoms with van der Waals surface area (Å²) in [5.41, 5.74) is 3.94. The van der Waals surface area contributed by atoms with Crippen molar-refractivity contribution >= 4 is 22.6 Å². The lowest BCUT2D eigenvalue weighted by molar-refractivity contribution is -0.117. The number of benzene rings is 3. The number of carbonyl (C=O) groups is 1. The normalized spacial score (nSPS) is 15.8. The Morgan fingerprint density at radius 3 is 2.50 bits per heavy atom. The fraction of sp³-hybridized carbons (Fsp3) is 0.286. The summed E-state index contributed by atoms with van der Waals surface area (Å²) < 4.78 is 14.1. The fourth-order valence-corrected chi connectivity index (χ4v) is 4.68. The average Bonchev–Trinajstić information content (AvgIpc) is 3.41. The number of carbonyl (C=O) groups excluding carboxylic acids is 1. The van der Waals surface area contributed by atoms with Crippen LogP contribution in [0.25, 0.3) is 11.0 Å². The Balaban J connectivity index is 1.41. The van der Waals surface area contributed by atoms with Crippen LogP contribution in [0.5, 0.6) is 11.5 Å². The summed E-state index contributed by atoms with van der Waals surface area (Å²) in [7, 11) is 0. The predicted octanol–water partition coefficient (Wildman–Crippen LogP) is 5.34. The van der Waals surface area contributed by atoms with E-state index in [1.165, 1.54) is 0 Å². The second-order valence-corrected chi connectivity index (χ2v) is 8.53. The van der Waals surface area contributed by atoms with Crippen LogP contribution in [0.4, 0.5) is 5.69 Å². The van der Waals surface area contributed by atoms with Gasteiger partial charge in [-0.2, -0.15) is 0 Å². The zero-order chi connectivity index (χ0) is 23.5. The number of fused-ring (bicyclic) bond motifs is 1. The first-order chi connectivity index (χ1) is 16.7. The summed E-state index contributed by atoms with van der Waals surface area (Å²) in [4.78, 5) is 19.9. The van der Waals surface area contributed by atoms with Gasteiger partial charge in [-0.05, 0) is 49.7 Å². The number of amides is 1. The molecule has 174 valence electrons. The third-order valence-electron chi connectivity index (χ3n) is 6.30. The molecule has 34 heavy (non-hydrogen) atoms. The van der Waals surface area contributed by atoms with E-state index in [-0.39, 0.29) is 11.8 Å². The van der Waals surface area contributed by atoms with Crippen molar-refractivity contribution in [3.05, 3.63) is 84.2 Å². The van der Waals surface area contributed by atoms with Crippen molar-refractivity contribution in [3.63, 3.8) is 0 Å². The number of ether oxygens (including phenoxy) is 2. The molecule has 1 aliphatic rings. The van der Waals surface area contributed by atoms with Crippen LogP contribution in [0, 0.1) is 6.92 Å². The molecule has 0 unspecified atom stereocenters. The van der Waals surface area contributed by atoms with Crippen LogP contribution < -0.4 is 14.4 Å². The van der Waals surface area contributed by atoms with Crippen LogP contribution in [0.3, 0.4) is 0 Å². The molecular formula is C28H29N3O3. The quantitative estimate of drug-likeness (QED) is 0.360. The van der Waals surface area contributed by atoms with E-state index in [0.29, 0.717) is 32.7 Å². The van der Waals surface area contributed by atoms with Crippen molar-refractivity contribution in [1.29, 1.82) is 0 Å². The molecule has 0 aliphatic carbocycles. The van der Waals surface area contributed by atoms with Gasteiger partial charge in [0, 0.05) is 18.9 Å². The Labute approximate surface area is 199 Å². The molecule has 2 heterocycles. The number of aryl methyl sites for hydroxylation is 1. The van der Waals surface area contributed by atoms with Crippen molar-refractivity contribution in [1.82, 2.24) is 9.55 Å². The van der Waals surface area contributed by atoms with Gasteiger partial charge in [-0.1, -0.05) is 42.5 Å². The molecule has 1 aromatic heterocycles. The molecule has 0 bridgehead atoms. The molecule has 0 spiro atoms. The minimum Gasteiger partial charge on any atom is -0.492 e. The Morgan fingerprint density at radius 1 is 0.941 bits per heavy atom. The van der Waals surface area contributed by atoms with E-state index in [2.05, 4.69) is 10.6 Å². The molecule has 0 radical (unpaired) electrons. The summed E-state index contributed by atoms with van der Waals surface area (Å²) >= 11 is 0. The van der Waals surface area contributed by atoms with Crippen molar-refractivity contribution in [2.45, 2.75) is 32.7 Å². The molecule has 1 aliphatic heterocycles. The molecule has 0 N–H and O–H groups in total. The highest BCUT2D eigenvalue weighted by atomic mass is 16.5. The van der Waals surface area contributed by atoms with Gasteiger partial charge < -0.3 is 18.9 Å². The van der Waals surface area contributed by atoms with E-state index in [1.807, 2.05) is 85.5 Å². The number of hydrogen-bond acceptors (Lipinski definition) is 4. The van der Waals surface area contributed by atoms with Crippen molar-refractivity contribution in [2.75, 3.05) is 24.7 Å². The Bertz CT molecular complexity index is 1310. The van der Waals surface area contributed by atoms with Gasteiger partial charge >= 0.3 is 0 Å². The SMILES string of the molecule is CCOc1ccccc1N1C[C@H](c2nc3ccccc3n2CCOc2ccccc2C)CC1=O. The molecule has 6 heteroatoms. The summed E-state index contributed by atoms with van der Waals surface area (Å²) in [6.07, 6.45) is 0.419. The maximum atomic E-state index is 13.1. The smallest absolute Gasteiger partial charge is 0.227 e. The van der Waals surface area contributed by atoms with Crippen molar-refractivity contribution < 1.29 is 14.3 Å². The number of anilines is 1. The second kappa shape index (κ2) is 9.59. The summed E-state index contributed by atoms with van der Waals surface area (Å²) in [6.45, 7) is 6.31. The zero-order valence-electron chi connectivity index (χ0n) is 19.6. The maximum absolute atomic E-state index is 13.1. The molecule has 1 atom stereocenters. The van der Waals surface area contributed by atoms with Crippen LogP contribution in [-0.2, 0) is 11.3 Å². The summed E-state index contributed by atoms with van der Waals surface area (Å²) in [5.74, 6) is 2.64. The first-order valence-electron chi connectivity index (χ1n) is 11.8. The summed E-state index contributed by atoms with van der Waals surface area (Å²) in [6, 6.07) is 23.9. The highest BCUT2D eigenvalue weighted by Crippen LogP contribution is 2.37. The third-order valence-corrected chi connectivity index (χ3v) is 6.30. The van der Waals surface area contributed by atoms with Crippen LogP contribution in [0.15, 0.2) is 72.8 Å². The lowest BCUT2D eigenvalue weighted by Gasteiger charge is -2.20. The van der Waals surface area contributed by atoms with Gasteiger partial charge in [0.2, 0.25) is 5.91 Å². The van der Waals surface area contributed by atoms with E-state index in [4.69, 9.17) is 14.5 Å². The molecule has 1 saturated heterocycles. The van der Waals surface area contributed by atoms with Crippen molar-refractivity contribution in [2.24, 2.45) is 0 Å². The van der Waals surface area contributed by atoms with Crippen molar-refractivity contribution in [3.8, 4) is 11.5 Å².